The van der Waals surface area contributed by atoms with Crippen molar-refractivity contribution in [3.05, 3.63) is 0 Å². The minimum atomic E-state index is -0.469. The maximum absolute atomic E-state index is 11.8. The highest BCUT2D eigenvalue weighted by atomic mass is 127. The van der Waals surface area contributed by atoms with Gasteiger partial charge in [-0.05, 0) is 52.9 Å². The van der Waals surface area contributed by atoms with Crippen LogP contribution < -0.4 is 5.32 Å². The molecule has 0 spiro atoms. The van der Waals surface area contributed by atoms with Gasteiger partial charge in [-0.3, -0.25) is 0 Å². The van der Waals surface area contributed by atoms with E-state index < -0.39 is 5.60 Å². The van der Waals surface area contributed by atoms with Crippen LogP contribution >= 0.6 is 22.6 Å². The van der Waals surface area contributed by atoms with Crippen LogP contribution in [-0.2, 0) is 9.47 Å². The molecule has 1 amide bonds. The summed E-state index contributed by atoms with van der Waals surface area (Å²) in [5, 5.41) is 2.84. The molecule has 0 aromatic rings. The summed E-state index contributed by atoms with van der Waals surface area (Å²) in [6.07, 6.45) is 4.83. The van der Waals surface area contributed by atoms with E-state index in [2.05, 4.69) is 41.8 Å². The summed E-state index contributed by atoms with van der Waals surface area (Å²) in [7, 11) is 0. The lowest BCUT2D eigenvalue weighted by Gasteiger charge is -2.39. The Morgan fingerprint density at radius 2 is 1.95 bits per heavy atom. The van der Waals surface area contributed by atoms with Crippen molar-refractivity contribution in [1.82, 2.24) is 5.32 Å². The standard InChI is InChI=1S/C16H30INO3/c1-6-13(12-8-7-9-12)20-16(5,10-17)11-18-14(19)21-15(2,3)4/h12-13H,6-11H2,1-5H3,(H,18,19). The van der Waals surface area contributed by atoms with Crippen molar-refractivity contribution < 1.29 is 14.3 Å². The normalized spacial score (nSPS) is 20.3. The first kappa shape index (κ1) is 19.0. The third-order valence-electron chi connectivity index (χ3n) is 3.80. The second-order valence-corrected chi connectivity index (χ2v) is 7.96. The summed E-state index contributed by atoms with van der Waals surface area (Å²) < 4.78 is 12.5. The molecule has 1 saturated carbocycles. The maximum Gasteiger partial charge on any atom is 0.407 e. The van der Waals surface area contributed by atoms with Crippen LogP contribution in [0.3, 0.4) is 0 Å². The molecule has 2 unspecified atom stereocenters. The first-order chi connectivity index (χ1) is 9.69. The first-order valence-electron chi connectivity index (χ1n) is 7.90. The first-order valence-corrected chi connectivity index (χ1v) is 9.42. The summed E-state index contributed by atoms with van der Waals surface area (Å²) in [5.74, 6) is 0.693. The van der Waals surface area contributed by atoms with Crippen molar-refractivity contribution >= 4 is 28.7 Å². The van der Waals surface area contributed by atoms with Gasteiger partial charge in [0.15, 0.2) is 0 Å². The monoisotopic (exact) mass is 411 g/mol. The molecule has 5 heteroatoms. The molecule has 1 N–H and O–H groups in total. The highest BCUT2D eigenvalue weighted by Gasteiger charge is 2.34. The van der Waals surface area contributed by atoms with Gasteiger partial charge in [-0.15, -0.1) is 0 Å². The van der Waals surface area contributed by atoms with E-state index in [-0.39, 0.29) is 11.7 Å². The van der Waals surface area contributed by atoms with Crippen LogP contribution in [-0.4, -0.2) is 34.4 Å². The van der Waals surface area contributed by atoms with E-state index in [0.29, 0.717) is 18.6 Å². The molecule has 0 aromatic carbocycles. The van der Waals surface area contributed by atoms with Gasteiger partial charge in [0.2, 0.25) is 0 Å². The lowest BCUT2D eigenvalue weighted by molar-refractivity contribution is -0.104. The van der Waals surface area contributed by atoms with Gasteiger partial charge in [-0.2, -0.15) is 0 Å². The fraction of sp³-hybridized carbons (Fsp3) is 0.938. The number of amides is 1. The van der Waals surface area contributed by atoms with E-state index >= 15 is 0 Å². The number of ether oxygens (including phenoxy) is 2. The minimum absolute atomic E-state index is 0.305. The van der Waals surface area contributed by atoms with E-state index in [1.807, 2.05) is 20.8 Å². The number of halogens is 1. The Bertz CT molecular complexity index is 339. The molecule has 21 heavy (non-hydrogen) atoms. The SMILES string of the molecule is CCC(OC(C)(CI)CNC(=O)OC(C)(C)C)C1CCC1. The van der Waals surface area contributed by atoms with Crippen molar-refractivity contribution in [3.63, 3.8) is 0 Å². The number of alkyl halides is 1. The van der Waals surface area contributed by atoms with Gasteiger partial charge < -0.3 is 14.8 Å². The van der Waals surface area contributed by atoms with Crippen LogP contribution in [0.1, 0.15) is 60.3 Å². The fourth-order valence-electron chi connectivity index (χ4n) is 2.38. The number of nitrogens with one attached hydrogen (secondary N) is 1. The largest absolute Gasteiger partial charge is 0.444 e. The average Bonchev–Trinajstić information content (AvgIpc) is 2.31. The lowest BCUT2D eigenvalue weighted by Crippen LogP contribution is -2.49. The lowest BCUT2D eigenvalue weighted by atomic mass is 9.80. The Labute approximate surface area is 142 Å². The summed E-state index contributed by atoms with van der Waals surface area (Å²) in [6, 6.07) is 0. The second kappa shape index (κ2) is 7.99. The third kappa shape index (κ3) is 6.72. The van der Waals surface area contributed by atoms with Crippen LogP contribution in [0.25, 0.3) is 0 Å². The van der Waals surface area contributed by atoms with Crippen LogP contribution in [0, 0.1) is 5.92 Å². The van der Waals surface area contributed by atoms with Crippen molar-refractivity contribution in [2.45, 2.75) is 77.6 Å². The second-order valence-electron chi connectivity index (χ2n) is 7.19. The number of alkyl carbamates (subject to hydrolysis) is 1. The quantitative estimate of drug-likeness (QED) is 0.502. The topological polar surface area (TPSA) is 47.6 Å². The number of rotatable bonds is 7. The number of hydrogen-bond donors (Lipinski definition) is 1. The summed E-state index contributed by atoms with van der Waals surface area (Å²) >= 11 is 2.33. The Morgan fingerprint density at radius 1 is 1.33 bits per heavy atom. The predicted molar refractivity (Wildman–Crippen MR) is 94.0 cm³/mol. The van der Waals surface area contributed by atoms with Gasteiger partial charge >= 0.3 is 6.09 Å². The molecule has 1 aliphatic rings. The number of carbonyl (C=O) groups excluding carboxylic acids is 1. The van der Waals surface area contributed by atoms with Crippen LogP contribution in [0.5, 0.6) is 0 Å². The molecule has 0 heterocycles. The van der Waals surface area contributed by atoms with E-state index in [4.69, 9.17) is 9.47 Å². The minimum Gasteiger partial charge on any atom is -0.444 e. The molecule has 0 aromatic heterocycles. The van der Waals surface area contributed by atoms with Gasteiger partial charge in [0, 0.05) is 4.43 Å². The molecule has 0 saturated heterocycles. The van der Waals surface area contributed by atoms with Crippen LogP contribution in [0.4, 0.5) is 4.79 Å². The fourth-order valence-corrected chi connectivity index (χ4v) is 2.83. The molecule has 2 atom stereocenters. The van der Waals surface area contributed by atoms with E-state index in [1.54, 1.807) is 0 Å². The number of carbonyl (C=O) groups is 1. The van der Waals surface area contributed by atoms with E-state index in [0.717, 1.165) is 10.8 Å². The highest BCUT2D eigenvalue weighted by Crippen LogP contribution is 2.35. The number of hydrogen-bond acceptors (Lipinski definition) is 3. The molecule has 0 radical (unpaired) electrons. The third-order valence-corrected chi connectivity index (χ3v) is 5.42. The van der Waals surface area contributed by atoms with Crippen molar-refractivity contribution in [1.29, 1.82) is 0 Å². The highest BCUT2D eigenvalue weighted by molar-refractivity contribution is 14.1. The summed E-state index contributed by atoms with van der Waals surface area (Å²) in [6.45, 7) is 10.3. The molecule has 0 aliphatic heterocycles. The molecular formula is C16H30INO3. The van der Waals surface area contributed by atoms with Gasteiger partial charge in [0.25, 0.3) is 0 Å². The smallest absolute Gasteiger partial charge is 0.407 e. The van der Waals surface area contributed by atoms with Gasteiger partial charge in [-0.1, -0.05) is 35.9 Å². The molecule has 124 valence electrons. The Kier molecular flexibility index (Phi) is 7.24. The van der Waals surface area contributed by atoms with E-state index in [1.165, 1.54) is 19.3 Å². The molecule has 1 rings (SSSR count). The molecular weight excluding hydrogens is 381 g/mol. The zero-order valence-electron chi connectivity index (χ0n) is 14.0. The predicted octanol–water partition coefficient (Wildman–Crippen LogP) is 4.30. The zero-order valence-corrected chi connectivity index (χ0v) is 16.2. The molecule has 1 aliphatic carbocycles. The van der Waals surface area contributed by atoms with Crippen LogP contribution in [0.2, 0.25) is 0 Å². The van der Waals surface area contributed by atoms with Gasteiger partial charge in [-0.25, -0.2) is 4.79 Å². The van der Waals surface area contributed by atoms with E-state index in [9.17, 15) is 4.79 Å². The Hall–Kier alpha value is -0.0400. The van der Waals surface area contributed by atoms with Gasteiger partial charge in [0.05, 0.1) is 18.2 Å². The molecule has 1 fully saturated rings. The van der Waals surface area contributed by atoms with Crippen LogP contribution in [0.15, 0.2) is 0 Å². The Balaban J connectivity index is 2.48. The average molecular weight is 411 g/mol. The summed E-state index contributed by atoms with van der Waals surface area (Å²) in [4.78, 5) is 11.8. The van der Waals surface area contributed by atoms with Crippen molar-refractivity contribution in [2.24, 2.45) is 5.92 Å². The molecule has 0 bridgehead atoms. The van der Waals surface area contributed by atoms with Crippen molar-refractivity contribution in [2.75, 3.05) is 11.0 Å². The summed E-state index contributed by atoms with van der Waals surface area (Å²) in [5.41, 5.74) is -0.808. The Morgan fingerprint density at radius 3 is 2.33 bits per heavy atom. The molecule has 4 nitrogen and oxygen atoms in total. The van der Waals surface area contributed by atoms with Crippen molar-refractivity contribution in [3.8, 4) is 0 Å². The zero-order chi connectivity index (χ0) is 16.1. The van der Waals surface area contributed by atoms with Gasteiger partial charge in [0.1, 0.15) is 5.60 Å². The maximum atomic E-state index is 11.8.